The van der Waals surface area contributed by atoms with Gasteiger partial charge in [-0.1, -0.05) is 18.2 Å². The number of furan rings is 1. The first-order valence-electron chi connectivity index (χ1n) is 6.53. The first kappa shape index (κ1) is 15.1. The van der Waals surface area contributed by atoms with Gasteiger partial charge in [0.25, 0.3) is 0 Å². The van der Waals surface area contributed by atoms with E-state index in [-0.39, 0.29) is 5.76 Å². The van der Waals surface area contributed by atoms with Crippen molar-refractivity contribution in [3.63, 3.8) is 0 Å². The number of para-hydroxylation sites is 1. The third-order valence-electron chi connectivity index (χ3n) is 3.16. The van der Waals surface area contributed by atoms with Gasteiger partial charge in [0.1, 0.15) is 5.75 Å². The summed E-state index contributed by atoms with van der Waals surface area (Å²) in [5.74, 6) is 5.79. The summed E-state index contributed by atoms with van der Waals surface area (Å²) in [5, 5.41) is 0. The highest BCUT2D eigenvalue weighted by atomic mass is 16.5. The molecule has 0 aliphatic heterocycles. The SMILES string of the molecule is COc1ccccc1CN(C)Cc1ccoc1C(=O)NN. The van der Waals surface area contributed by atoms with E-state index >= 15 is 0 Å². The Labute approximate surface area is 123 Å². The number of nitrogen functional groups attached to an aromatic ring is 1. The topological polar surface area (TPSA) is 80.7 Å². The molecule has 6 heteroatoms. The highest BCUT2D eigenvalue weighted by Crippen LogP contribution is 2.20. The Morgan fingerprint density at radius 1 is 1.29 bits per heavy atom. The molecule has 1 aromatic heterocycles. The zero-order valence-electron chi connectivity index (χ0n) is 12.1. The smallest absolute Gasteiger partial charge is 0.301 e. The number of benzene rings is 1. The van der Waals surface area contributed by atoms with Crippen LogP contribution in [0.15, 0.2) is 41.0 Å². The Morgan fingerprint density at radius 2 is 2.00 bits per heavy atom. The fourth-order valence-corrected chi connectivity index (χ4v) is 2.20. The first-order chi connectivity index (χ1) is 10.2. The number of nitrogens with zero attached hydrogens (tertiary/aromatic N) is 1. The molecule has 2 aromatic rings. The van der Waals surface area contributed by atoms with Crippen LogP contribution in [0.2, 0.25) is 0 Å². The summed E-state index contributed by atoms with van der Waals surface area (Å²) in [6.07, 6.45) is 1.48. The van der Waals surface area contributed by atoms with Crippen molar-refractivity contribution >= 4 is 5.91 Å². The van der Waals surface area contributed by atoms with Crippen LogP contribution in [0.4, 0.5) is 0 Å². The lowest BCUT2D eigenvalue weighted by molar-refractivity contribution is 0.0923. The monoisotopic (exact) mass is 289 g/mol. The maximum Gasteiger partial charge on any atom is 0.301 e. The van der Waals surface area contributed by atoms with Gasteiger partial charge < -0.3 is 9.15 Å². The second-order valence-corrected chi connectivity index (χ2v) is 4.73. The minimum absolute atomic E-state index is 0.240. The van der Waals surface area contributed by atoms with Crippen molar-refractivity contribution in [1.29, 1.82) is 0 Å². The number of carbonyl (C=O) groups is 1. The molecule has 0 fully saturated rings. The molecule has 0 aliphatic rings. The van der Waals surface area contributed by atoms with Crippen LogP contribution >= 0.6 is 0 Å². The van der Waals surface area contributed by atoms with Crippen molar-refractivity contribution in [3.8, 4) is 5.75 Å². The molecule has 0 spiro atoms. The summed E-state index contributed by atoms with van der Waals surface area (Å²) in [5.41, 5.74) is 3.94. The Hall–Kier alpha value is -2.31. The van der Waals surface area contributed by atoms with Crippen molar-refractivity contribution < 1.29 is 13.9 Å². The largest absolute Gasteiger partial charge is 0.496 e. The van der Waals surface area contributed by atoms with Crippen molar-refractivity contribution in [2.75, 3.05) is 14.2 Å². The quantitative estimate of drug-likeness (QED) is 0.479. The molecule has 21 heavy (non-hydrogen) atoms. The second kappa shape index (κ2) is 6.92. The van der Waals surface area contributed by atoms with E-state index in [9.17, 15) is 4.79 Å². The van der Waals surface area contributed by atoms with Gasteiger partial charge in [0.15, 0.2) is 5.76 Å². The second-order valence-electron chi connectivity index (χ2n) is 4.73. The molecule has 1 heterocycles. The van der Waals surface area contributed by atoms with Crippen LogP contribution in [0.3, 0.4) is 0 Å². The molecule has 3 N–H and O–H groups in total. The number of hydrogen-bond donors (Lipinski definition) is 2. The van der Waals surface area contributed by atoms with E-state index in [1.807, 2.05) is 31.3 Å². The number of hydrogen-bond acceptors (Lipinski definition) is 5. The molecule has 0 saturated carbocycles. The molecule has 1 amide bonds. The minimum atomic E-state index is -0.430. The molecule has 112 valence electrons. The van der Waals surface area contributed by atoms with Gasteiger partial charge in [-0.3, -0.25) is 15.1 Å². The highest BCUT2D eigenvalue weighted by molar-refractivity contribution is 5.92. The molecular formula is C15H19N3O3. The van der Waals surface area contributed by atoms with Crippen molar-refractivity contribution in [1.82, 2.24) is 10.3 Å². The number of amides is 1. The van der Waals surface area contributed by atoms with Gasteiger partial charge in [-0.05, 0) is 19.2 Å². The number of hydrazine groups is 1. The van der Waals surface area contributed by atoms with Gasteiger partial charge in [0, 0.05) is 24.2 Å². The number of methoxy groups -OCH3 is 1. The molecular weight excluding hydrogens is 270 g/mol. The van der Waals surface area contributed by atoms with Gasteiger partial charge in [-0.25, -0.2) is 5.84 Å². The van der Waals surface area contributed by atoms with Crippen LogP contribution in [0, 0.1) is 0 Å². The standard InChI is InChI=1S/C15H19N3O3/c1-18(9-11-5-3-4-6-13(11)20-2)10-12-7-8-21-14(12)15(19)17-16/h3-8H,9-10,16H2,1-2H3,(H,17,19). The molecule has 0 aliphatic carbocycles. The molecule has 1 aromatic carbocycles. The molecule has 0 bridgehead atoms. The van der Waals surface area contributed by atoms with E-state index in [4.69, 9.17) is 15.0 Å². The predicted octanol–water partition coefficient (Wildman–Crippen LogP) is 1.52. The Morgan fingerprint density at radius 3 is 2.71 bits per heavy atom. The van der Waals surface area contributed by atoms with E-state index in [0.717, 1.165) is 16.9 Å². The fraction of sp³-hybridized carbons (Fsp3) is 0.267. The summed E-state index contributed by atoms with van der Waals surface area (Å²) in [6, 6.07) is 9.61. The maximum atomic E-state index is 11.6. The lowest BCUT2D eigenvalue weighted by Crippen LogP contribution is -2.31. The van der Waals surface area contributed by atoms with Gasteiger partial charge in [0.2, 0.25) is 0 Å². The van der Waals surface area contributed by atoms with Crippen LogP contribution in [0.25, 0.3) is 0 Å². The maximum absolute atomic E-state index is 11.6. The zero-order valence-corrected chi connectivity index (χ0v) is 12.1. The number of ether oxygens (including phenoxy) is 1. The summed E-state index contributed by atoms with van der Waals surface area (Å²) >= 11 is 0. The molecule has 0 atom stereocenters. The Balaban J connectivity index is 2.07. The van der Waals surface area contributed by atoms with E-state index in [2.05, 4.69) is 10.3 Å². The first-order valence-corrected chi connectivity index (χ1v) is 6.53. The predicted molar refractivity (Wildman–Crippen MR) is 78.5 cm³/mol. The normalized spacial score (nSPS) is 10.7. The molecule has 0 radical (unpaired) electrons. The average Bonchev–Trinajstić information content (AvgIpc) is 2.95. The van der Waals surface area contributed by atoms with E-state index < -0.39 is 5.91 Å². The lowest BCUT2D eigenvalue weighted by atomic mass is 10.1. The summed E-state index contributed by atoms with van der Waals surface area (Å²) < 4.78 is 10.5. The molecule has 2 rings (SSSR count). The zero-order chi connectivity index (χ0) is 15.2. The minimum Gasteiger partial charge on any atom is -0.496 e. The van der Waals surface area contributed by atoms with E-state index in [1.54, 1.807) is 13.2 Å². The fourth-order valence-electron chi connectivity index (χ4n) is 2.20. The molecule has 0 unspecified atom stereocenters. The van der Waals surface area contributed by atoms with E-state index in [0.29, 0.717) is 13.1 Å². The van der Waals surface area contributed by atoms with E-state index in [1.165, 1.54) is 6.26 Å². The van der Waals surface area contributed by atoms with Crippen LogP contribution < -0.4 is 16.0 Å². The highest BCUT2D eigenvalue weighted by Gasteiger charge is 2.16. The van der Waals surface area contributed by atoms with Gasteiger partial charge in [0.05, 0.1) is 13.4 Å². The Bertz CT molecular complexity index is 610. The van der Waals surface area contributed by atoms with Crippen LogP contribution in [0.5, 0.6) is 5.75 Å². The third-order valence-corrected chi connectivity index (χ3v) is 3.16. The molecule has 0 saturated heterocycles. The third kappa shape index (κ3) is 3.62. The number of rotatable bonds is 6. The number of nitrogens with two attached hydrogens (primary N) is 1. The van der Waals surface area contributed by atoms with Gasteiger partial charge in [-0.2, -0.15) is 0 Å². The van der Waals surface area contributed by atoms with Crippen molar-refractivity contribution in [3.05, 3.63) is 53.5 Å². The summed E-state index contributed by atoms with van der Waals surface area (Å²) in [4.78, 5) is 13.6. The van der Waals surface area contributed by atoms with Crippen LogP contribution in [0.1, 0.15) is 21.7 Å². The van der Waals surface area contributed by atoms with Crippen molar-refractivity contribution in [2.45, 2.75) is 13.1 Å². The van der Waals surface area contributed by atoms with Crippen molar-refractivity contribution in [2.24, 2.45) is 5.84 Å². The van der Waals surface area contributed by atoms with Gasteiger partial charge in [-0.15, -0.1) is 0 Å². The Kier molecular flexibility index (Phi) is 4.97. The number of nitrogens with one attached hydrogen (secondary N) is 1. The molecule has 6 nitrogen and oxygen atoms in total. The summed E-state index contributed by atoms with van der Waals surface area (Å²) in [7, 11) is 3.61. The average molecular weight is 289 g/mol. The lowest BCUT2D eigenvalue weighted by Gasteiger charge is -2.18. The van der Waals surface area contributed by atoms with Crippen LogP contribution in [-0.4, -0.2) is 25.0 Å². The summed E-state index contributed by atoms with van der Waals surface area (Å²) in [6.45, 7) is 1.26. The number of carbonyl (C=O) groups excluding carboxylic acids is 1. The van der Waals surface area contributed by atoms with Crippen LogP contribution in [-0.2, 0) is 13.1 Å². The van der Waals surface area contributed by atoms with Gasteiger partial charge >= 0.3 is 5.91 Å².